The highest BCUT2D eigenvalue weighted by Gasteiger charge is 1.89. The Balaban J connectivity index is 2.19. The third kappa shape index (κ3) is 2.78. The second kappa shape index (κ2) is 4.56. The summed E-state index contributed by atoms with van der Waals surface area (Å²) in [4.78, 5) is 4.40. The van der Waals surface area contributed by atoms with Crippen molar-refractivity contribution in [1.82, 2.24) is 4.98 Å². The van der Waals surface area contributed by atoms with Crippen molar-refractivity contribution in [2.75, 3.05) is 0 Å². The van der Waals surface area contributed by atoms with Gasteiger partial charge in [-0.15, -0.1) is 0 Å². The summed E-state index contributed by atoms with van der Waals surface area (Å²) in [5, 5.41) is 0. The van der Waals surface area contributed by atoms with Gasteiger partial charge in [0.1, 0.15) is 0 Å². The van der Waals surface area contributed by atoms with E-state index in [1.54, 1.807) is 0 Å². The molecular weight excluding hydrogens is 182 g/mol. The van der Waals surface area contributed by atoms with Crippen molar-refractivity contribution >= 4 is 12.2 Å². The predicted molar refractivity (Wildman–Crippen MR) is 64.3 cm³/mol. The molecule has 1 heteroatoms. The average molecular weight is 195 g/mol. The molecule has 0 radical (unpaired) electrons. The highest BCUT2D eigenvalue weighted by atomic mass is 14.7. The number of benzene rings is 1. The van der Waals surface area contributed by atoms with Gasteiger partial charge in [0.2, 0.25) is 0 Å². The molecule has 0 saturated carbocycles. The van der Waals surface area contributed by atoms with Crippen molar-refractivity contribution in [2.45, 2.75) is 6.92 Å². The Kier molecular flexibility index (Phi) is 2.93. The van der Waals surface area contributed by atoms with Crippen LogP contribution in [-0.2, 0) is 0 Å². The topological polar surface area (TPSA) is 12.9 Å². The van der Waals surface area contributed by atoms with Gasteiger partial charge in [-0.2, -0.15) is 0 Å². The first-order valence-corrected chi connectivity index (χ1v) is 5.01. The van der Waals surface area contributed by atoms with Crippen LogP contribution in [0.15, 0.2) is 48.5 Å². The van der Waals surface area contributed by atoms with Crippen LogP contribution >= 0.6 is 0 Å². The van der Waals surface area contributed by atoms with E-state index in [2.05, 4.69) is 23.2 Å². The smallest absolute Gasteiger partial charge is 0.0633 e. The van der Waals surface area contributed by atoms with Crippen LogP contribution in [0.25, 0.3) is 12.2 Å². The van der Waals surface area contributed by atoms with Crippen LogP contribution in [-0.4, -0.2) is 4.98 Å². The van der Waals surface area contributed by atoms with Crippen LogP contribution in [0.3, 0.4) is 0 Å². The summed E-state index contributed by atoms with van der Waals surface area (Å²) in [6, 6.07) is 16.3. The maximum atomic E-state index is 4.40. The van der Waals surface area contributed by atoms with Crippen LogP contribution in [0.1, 0.15) is 17.0 Å². The first kappa shape index (κ1) is 9.66. The molecule has 2 aromatic rings. The van der Waals surface area contributed by atoms with Gasteiger partial charge in [0.25, 0.3) is 0 Å². The molecule has 0 bridgehead atoms. The maximum Gasteiger partial charge on any atom is 0.0633 e. The maximum absolute atomic E-state index is 4.40. The molecule has 0 unspecified atom stereocenters. The SMILES string of the molecule is Cc1cccc(/C=C\c2ccccc2)n1. The van der Waals surface area contributed by atoms with Crippen LogP contribution in [0.4, 0.5) is 0 Å². The fourth-order valence-electron chi connectivity index (χ4n) is 1.40. The van der Waals surface area contributed by atoms with Gasteiger partial charge in [-0.1, -0.05) is 42.5 Å². The zero-order valence-corrected chi connectivity index (χ0v) is 8.72. The third-order valence-electron chi connectivity index (χ3n) is 2.16. The molecule has 0 fully saturated rings. The van der Waals surface area contributed by atoms with Crippen molar-refractivity contribution in [2.24, 2.45) is 0 Å². The Labute approximate surface area is 90.1 Å². The van der Waals surface area contributed by atoms with E-state index in [4.69, 9.17) is 0 Å². The summed E-state index contributed by atoms with van der Waals surface area (Å²) in [7, 11) is 0. The fraction of sp³-hybridized carbons (Fsp3) is 0.0714. The monoisotopic (exact) mass is 195 g/mol. The first-order valence-electron chi connectivity index (χ1n) is 5.01. The van der Waals surface area contributed by atoms with E-state index in [1.807, 2.05) is 49.4 Å². The van der Waals surface area contributed by atoms with Crippen LogP contribution in [0, 0.1) is 6.92 Å². The standard InChI is InChI=1S/C14H13N/c1-12-6-5-9-14(15-12)11-10-13-7-3-2-4-8-13/h2-11H,1H3/b11-10-. The lowest BCUT2D eigenvalue weighted by Gasteiger charge is -1.95. The summed E-state index contributed by atoms with van der Waals surface area (Å²) in [6.45, 7) is 2.00. The molecule has 0 aliphatic carbocycles. The Morgan fingerprint density at radius 2 is 1.67 bits per heavy atom. The Bertz CT molecular complexity index is 458. The molecular formula is C14H13N. The molecule has 1 aromatic carbocycles. The third-order valence-corrected chi connectivity index (χ3v) is 2.16. The van der Waals surface area contributed by atoms with E-state index in [0.717, 1.165) is 11.4 Å². The molecule has 0 N–H and O–H groups in total. The van der Waals surface area contributed by atoms with E-state index >= 15 is 0 Å². The summed E-state index contributed by atoms with van der Waals surface area (Å²) < 4.78 is 0. The number of aromatic nitrogens is 1. The molecule has 2 rings (SSSR count). The van der Waals surface area contributed by atoms with Gasteiger partial charge in [-0.05, 0) is 30.7 Å². The first-order chi connectivity index (χ1) is 7.34. The number of nitrogens with zero attached hydrogens (tertiary/aromatic N) is 1. The van der Waals surface area contributed by atoms with Gasteiger partial charge in [0.15, 0.2) is 0 Å². The molecule has 0 amide bonds. The van der Waals surface area contributed by atoms with E-state index in [1.165, 1.54) is 5.56 Å². The summed E-state index contributed by atoms with van der Waals surface area (Å²) in [5.74, 6) is 0. The van der Waals surface area contributed by atoms with Crippen molar-refractivity contribution in [1.29, 1.82) is 0 Å². The number of rotatable bonds is 2. The molecule has 0 saturated heterocycles. The predicted octanol–water partition coefficient (Wildman–Crippen LogP) is 3.56. The molecule has 0 spiro atoms. The van der Waals surface area contributed by atoms with Gasteiger partial charge >= 0.3 is 0 Å². The number of pyridine rings is 1. The molecule has 0 aliphatic rings. The molecule has 1 heterocycles. The summed E-state index contributed by atoms with van der Waals surface area (Å²) in [6.07, 6.45) is 4.10. The lowest BCUT2D eigenvalue weighted by atomic mass is 10.2. The van der Waals surface area contributed by atoms with E-state index in [9.17, 15) is 0 Å². The minimum absolute atomic E-state index is 0.999. The van der Waals surface area contributed by atoms with E-state index in [-0.39, 0.29) is 0 Å². The number of hydrogen-bond acceptors (Lipinski definition) is 1. The minimum atomic E-state index is 0.999. The van der Waals surface area contributed by atoms with Crippen molar-refractivity contribution < 1.29 is 0 Å². The van der Waals surface area contributed by atoms with E-state index < -0.39 is 0 Å². The molecule has 74 valence electrons. The summed E-state index contributed by atoms with van der Waals surface area (Å²) in [5.41, 5.74) is 3.24. The number of hydrogen-bond donors (Lipinski definition) is 0. The van der Waals surface area contributed by atoms with Crippen LogP contribution in [0.5, 0.6) is 0 Å². The highest BCUT2D eigenvalue weighted by Crippen LogP contribution is 2.06. The lowest BCUT2D eigenvalue weighted by Crippen LogP contribution is -1.82. The van der Waals surface area contributed by atoms with Crippen LogP contribution in [0.2, 0.25) is 0 Å². The van der Waals surface area contributed by atoms with Gasteiger partial charge in [0, 0.05) is 5.69 Å². The minimum Gasteiger partial charge on any atom is -0.254 e. The molecule has 1 nitrogen and oxygen atoms in total. The van der Waals surface area contributed by atoms with Gasteiger partial charge in [-0.3, -0.25) is 4.98 Å². The lowest BCUT2D eigenvalue weighted by molar-refractivity contribution is 1.18. The Hall–Kier alpha value is -1.89. The van der Waals surface area contributed by atoms with Crippen molar-refractivity contribution in [3.63, 3.8) is 0 Å². The normalized spacial score (nSPS) is 10.7. The Morgan fingerprint density at radius 1 is 0.867 bits per heavy atom. The molecule has 0 atom stereocenters. The summed E-state index contributed by atoms with van der Waals surface area (Å²) >= 11 is 0. The average Bonchev–Trinajstić information content (AvgIpc) is 2.28. The molecule has 0 aliphatic heterocycles. The highest BCUT2D eigenvalue weighted by molar-refractivity contribution is 5.67. The Morgan fingerprint density at radius 3 is 2.40 bits per heavy atom. The largest absolute Gasteiger partial charge is 0.254 e. The van der Waals surface area contributed by atoms with Gasteiger partial charge in [0.05, 0.1) is 5.69 Å². The zero-order chi connectivity index (χ0) is 10.5. The van der Waals surface area contributed by atoms with E-state index in [0.29, 0.717) is 0 Å². The quantitative estimate of drug-likeness (QED) is 0.714. The zero-order valence-electron chi connectivity index (χ0n) is 8.72. The second-order valence-corrected chi connectivity index (χ2v) is 3.45. The van der Waals surface area contributed by atoms with Gasteiger partial charge in [-0.25, -0.2) is 0 Å². The molecule has 1 aromatic heterocycles. The van der Waals surface area contributed by atoms with Crippen molar-refractivity contribution in [3.05, 3.63) is 65.5 Å². The number of aryl methyl sites for hydroxylation is 1. The van der Waals surface area contributed by atoms with Crippen LogP contribution < -0.4 is 0 Å². The molecule has 15 heavy (non-hydrogen) atoms. The van der Waals surface area contributed by atoms with Crippen molar-refractivity contribution in [3.8, 4) is 0 Å². The second-order valence-electron chi connectivity index (χ2n) is 3.45. The van der Waals surface area contributed by atoms with Gasteiger partial charge < -0.3 is 0 Å². The fourth-order valence-corrected chi connectivity index (χ4v) is 1.40.